The number of hydrogen-bond acceptors (Lipinski definition) is 1. The molecule has 16 heavy (non-hydrogen) atoms. The number of rotatable bonds is 6. The summed E-state index contributed by atoms with van der Waals surface area (Å²) in [4.78, 5) is 0. The lowest BCUT2D eigenvalue weighted by atomic mass is 10.0. The Morgan fingerprint density at radius 3 is 2.75 bits per heavy atom. The standard InChI is InChI=1S/C14H21ClO/c1-4-5-8-16-10-12(3)13-7-6-11(2)9-14(13)15/h6-7,9,12H,4-5,8,10H2,1-3H3. The van der Waals surface area contributed by atoms with Gasteiger partial charge in [0.1, 0.15) is 0 Å². The Hall–Kier alpha value is -0.530. The third-order valence-electron chi connectivity index (χ3n) is 2.70. The molecule has 0 spiro atoms. The maximum Gasteiger partial charge on any atom is 0.0532 e. The molecule has 0 N–H and O–H groups in total. The first-order valence-corrected chi connectivity index (χ1v) is 6.36. The van der Waals surface area contributed by atoms with E-state index in [1.54, 1.807) is 0 Å². The van der Waals surface area contributed by atoms with Gasteiger partial charge in [-0.05, 0) is 30.5 Å². The molecule has 0 aliphatic rings. The highest BCUT2D eigenvalue weighted by Crippen LogP contribution is 2.25. The molecule has 1 rings (SSSR count). The van der Waals surface area contributed by atoms with Crippen molar-refractivity contribution in [3.05, 3.63) is 34.3 Å². The van der Waals surface area contributed by atoms with Gasteiger partial charge >= 0.3 is 0 Å². The van der Waals surface area contributed by atoms with Gasteiger partial charge < -0.3 is 4.74 Å². The van der Waals surface area contributed by atoms with Gasteiger partial charge in [-0.3, -0.25) is 0 Å². The van der Waals surface area contributed by atoms with E-state index in [-0.39, 0.29) is 0 Å². The van der Waals surface area contributed by atoms with Crippen LogP contribution in [0.25, 0.3) is 0 Å². The molecule has 90 valence electrons. The zero-order chi connectivity index (χ0) is 12.0. The monoisotopic (exact) mass is 240 g/mol. The summed E-state index contributed by atoms with van der Waals surface area (Å²) in [5, 5.41) is 0.853. The van der Waals surface area contributed by atoms with E-state index in [0.29, 0.717) is 5.92 Å². The van der Waals surface area contributed by atoms with Crippen molar-refractivity contribution in [1.82, 2.24) is 0 Å². The van der Waals surface area contributed by atoms with Crippen molar-refractivity contribution in [2.24, 2.45) is 0 Å². The number of hydrogen-bond donors (Lipinski definition) is 0. The lowest BCUT2D eigenvalue weighted by Crippen LogP contribution is -2.06. The molecule has 1 nitrogen and oxygen atoms in total. The summed E-state index contributed by atoms with van der Waals surface area (Å²) in [5.74, 6) is 0.366. The van der Waals surface area contributed by atoms with Crippen LogP contribution in [0, 0.1) is 6.92 Å². The fourth-order valence-electron chi connectivity index (χ4n) is 1.63. The molecule has 0 heterocycles. The Morgan fingerprint density at radius 1 is 1.38 bits per heavy atom. The van der Waals surface area contributed by atoms with E-state index >= 15 is 0 Å². The van der Waals surface area contributed by atoms with Crippen molar-refractivity contribution in [1.29, 1.82) is 0 Å². The van der Waals surface area contributed by atoms with Crippen molar-refractivity contribution in [2.45, 2.75) is 39.5 Å². The molecule has 0 saturated carbocycles. The minimum Gasteiger partial charge on any atom is -0.381 e. The molecule has 0 amide bonds. The Kier molecular flexibility index (Phi) is 5.86. The fraction of sp³-hybridized carbons (Fsp3) is 0.571. The Bertz CT molecular complexity index is 323. The summed E-state index contributed by atoms with van der Waals surface area (Å²) in [6.07, 6.45) is 2.31. The number of benzene rings is 1. The summed E-state index contributed by atoms with van der Waals surface area (Å²) in [6, 6.07) is 6.22. The molecule has 1 unspecified atom stereocenters. The molecule has 0 aliphatic carbocycles. The van der Waals surface area contributed by atoms with Crippen LogP contribution in [0.2, 0.25) is 5.02 Å². The predicted octanol–water partition coefficient (Wildman–Crippen LogP) is 4.57. The molecular weight excluding hydrogens is 220 g/mol. The van der Waals surface area contributed by atoms with Gasteiger partial charge in [0.15, 0.2) is 0 Å². The molecular formula is C14H21ClO. The van der Waals surface area contributed by atoms with E-state index < -0.39 is 0 Å². The van der Waals surface area contributed by atoms with Crippen LogP contribution in [-0.2, 0) is 4.74 Å². The quantitative estimate of drug-likeness (QED) is 0.662. The van der Waals surface area contributed by atoms with E-state index in [2.05, 4.69) is 32.9 Å². The average molecular weight is 241 g/mol. The number of aryl methyl sites for hydroxylation is 1. The maximum atomic E-state index is 6.21. The van der Waals surface area contributed by atoms with E-state index in [1.165, 1.54) is 17.5 Å². The summed E-state index contributed by atoms with van der Waals surface area (Å²) < 4.78 is 5.62. The predicted molar refractivity (Wildman–Crippen MR) is 70.3 cm³/mol. The number of ether oxygens (including phenoxy) is 1. The third kappa shape index (κ3) is 4.15. The lowest BCUT2D eigenvalue weighted by Gasteiger charge is -2.14. The molecule has 1 aromatic carbocycles. The topological polar surface area (TPSA) is 9.23 Å². The summed E-state index contributed by atoms with van der Waals surface area (Å²) in [6.45, 7) is 7.98. The van der Waals surface area contributed by atoms with E-state index in [1.807, 2.05) is 6.07 Å². The molecule has 1 aromatic rings. The van der Waals surface area contributed by atoms with Gasteiger partial charge in [-0.1, -0.05) is 44.0 Å². The van der Waals surface area contributed by atoms with Crippen molar-refractivity contribution >= 4 is 11.6 Å². The second kappa shape index (κ2) is 6.93. The fourth-order valence-corrected chi connectivity index (χ4v) is 2.05. The van der Waals surface area contributed by atoms with Gasteiger partial charge in [0.05, 0.1) is 6.61 Å². The summed E-state index contributed by atoms with van der Waals surface area (Å²) in [7, 11) is 0. The van der Waals surface area contributed by atoms with Crippen LogP contribution in [-0.4, -0.2) is 13.2 Å². The first kappa shape index (κ1) is 13.5. The Balaban J connectivity index is 2.49. The molecule has 0 radical (unpaired) electrons. The maximum absolute atomic E-state index is 6.21. The van der Waals surface area contributed by atoms with Crippen LogP contribution in [0.15, 0.2) is 18.2 Å². The molecule has 0 fully saturated rings. The molecule has 1 atom stereocenters. The smallest absolute Gasteiger partial charge is 0.0532 e. The zero-order valence-corrected chi connectivity index (χ0v) is 11.2. The van der Waals surface area contributed by atoms with E-state index in [9.17, 15) is 0 Å². The highest BCUT2D eigenvalue weighted by molar-refractivity contribution is 6.31. The van der Waals surface area contributed by atoms with Crippen LogP contribution >= 0.6 is 11.6 Å². The molecule has 0 bridgehead atoms. The van der Waals surface area contributed by atoms with Crippen LogP contribution in [0.5, 0.6) is 0 Å². The second-order valence-corrected chi connectivity index (χ2v) is 4.76. The first-order valence-electron chi connectivity index (χ1n) is 5.99. The average Bonchev–Trinajstić information content (AvgIpc) is 2.24. The molecule has 2 heteroatoms. The van der Waals surface area contributed by atoms with Crippen molar-refractivity contribution in [2.75, 3.05) is 13.2 Å². The minimum atomic E-state index is 0.366. The normalized spacial score (nSPS) is 12.8. The van der Waals surface area contributed by atoms with Crippen molar-refractivity contribution < 1.29 is 4.74 Å². The van der Waals surface area contributed by atoms with Crippen molar-refractivity contribution in [3.63, 3.8) is 0 Å². The molecule has 0 saturated heterocycles. The van der Waals surface area contributed by atoms with Gasteiger partial charge in [0.2, 0.25) is 0 Å². The van der Waals surface area contributed by atoms with Crippen LogP contribution < -0.4 is 0 Å². The number of halogens is 1. The molecule has 0 aromatic heterocycles. The second-order valence-electron chi connectivity index (χ2n) is 4.35. The van der Waals surface area contributed by atoms with Gasteiger partial charge in [0, 0.05) is 17.5 Å². The minimum absolute atomic E-state index is 0.366. The van der Waals surface area contributed by atoms with Crippen LogP contribution in [0.4, 0.5) is 0 Å². The summed E-state index contributed by atoms with van der Waals surface area (Å²) in [5.41, 5.74) is 2.39. The Labute approximate surface area is 104 Å². The lowest BCUT2D eigenvalue weighted by molar-refractivity contribution is 0.121. The first-order chi connectivity index (χ1) is 7.65. The highest BCUT2D eigenvalue weighted by atomic mass is 35.5. The van der Waals surface area contributed by atoms with Crippen LogP contribution in [0.1, 0.15) is 43.7 Å². The van der Waals surface area contributed by atoms with E-state index in [4.69, 9.17) is 16.3 Å². The Morgan fingerprint density at radius 2 is 2.12 bits per heavy atom. The van der Waals surface area contributed by atoms with Crippen LogP contribution in [0.3, 0.4) is 0 Å². The van der Waals surface area contributed by atoms with Gasteiger partial charge in [-0.2, -0.15) is 0 Å². The van der Waals surface area contributed by atoms with Gasteiger partial charge in [0.25, 0.3) is 0 Å². The third-order valence-corrected chi connectivity index (χ3v) is 3.02. The molecule has 0 aliphatic heterocycles. The van der Waals surface area contributed by atoms with Gasteiger partial charge in [-0.25, -0.2) is 0 Å². The SMILES string of the molecule is CCCCOCC(C)c1ccc(C)cc1Cl. The number of unbranched alkanes of at least 4 members (excludes halogenated alkanes) is 1. The van der Waals surface area contributed by atoms with Gasteiger partial charge in [-0.15, -0.1) is 0 Å². The van der Waals surface area contributed by atoms with Crippen molar-refractivity contribution in [3.8, 4) is 0 Å². The summed E-state index contributed by atoms with van der Waals surface area (Å²) >= 11 is 6.21. The highest BCUT2D eigenvalue weighted by Gasteiger charge is 2.09. The largest absolute Gasteiger partial charge is 0.381 e. The zero-order valence-electron chi connectivity index (χ0n) is 10.4. The van der Waals surface area contributed by atoms with E-state index in [0.717, 1.165) is 24.7 Å².